The van der Waals surface area contributed by atoms with Gasteiger partial charge in [-0.25, -0.2) is 4.98 Å². The number of halogens is 1. The van der Waals surface area contributed by atoms with Crippen molar-refractivity contribution >= 4 is 55.0 Å². The lowest BCUT2D eigenvalue weighted by Gasteiger charge is -2.04. The van der Waals surface area contributed by atoms with Crippen LogP contribution < -0.4 is 5.32 Å². The lowest BCUT2D eigenvalue weighted by atomic mass is 10.1. The second-order valence-corrected chi connectivity index (χ2v) is 7.46. The van der Waals surface area contributed by atoms with Crippen LogP contribution in [0.1, 0.15) is 11.1 Å². The highest BCUT2D eigenvalue weighted by Gasteiger charge is 2.11. The van der Waals surface area contributed by atoms with Gasteiger partial charge in [0.25, 0.3) is 0 Å². The Morgan fingerprint density at radius 2 is 1.92 bits per heavy atom. The van der Waals surface area contributed by atoms with Crippen LogP contribution in [0.15, 0.2) is 54.6 Å². The van der Waals surface area contributed by atoms with Gasteiger partial charge in [0.15, 0.2) is 5.13 Å². The Morgan fingerprint density at radius 1 is 1.12 bits per heavy atom. The van der Waals surface area contributed by atoms with Crippen molar-refractivity contribution in [2.45, 2.75) is 13.3 Å². The number of carbonyl (C=O) groups excluding carboxylic acids is 1. The van der Waals surface area contributed by atoms with Crippen LogP contribution in [0.5, 0.6) is 0 Å². The average Bonchev–Trinajstić information content (AvgIpc) is 2.97. The zero-order valence-electron chi connectivity index (χ0n) is 13.5. The number of hydrogen-bond acceptors (Lipinski definition) is 3. The predicted octanol–water partition coefficient (Wildman–Crippen LogP) is 5.59. The molecular weight excluding hydrogens is 352 g/mol. The number of aromatic nitrogens is 1. The van der Waals surface area contributed by atoms with E-state index in [1.807, 2.05) is 43.3 Å². The molecule has 0 aliphatic carbocycles. The molecule has 4 rings (SSSR count). The lowest BCUT2D eigenvalue weighted by Crippen LogP contribution is -2.14. The molecule has 0 radical (unpaired) electrons. The number of rotatable bonds is 3. The molecule has 0 bridgehead atoms. The van der Waals surface area contributed by atoms with Crippen molar-refractivity contribution in [3.05, 3.63) is 70.7 Å². The maximum Gasteiger partial charge on any atom is 0.230 e. The van der Waals surface area contributed by atoms with Crippen molar-refractivity contribution in [1.29, 1.82) is 0 Å². The molecule has 0 spiro atoms. The van der Waals surface area contributed by atoms with Crippen molar-refractivity contribution in [1.82, 2.24) is 4.98 Å². The smallest absolute Gasteiger partial charge is 0.230 e. The molecule has 4 aromatic rings. The Bertz CT molecular complexity index is 1100. The molecule has 0 atom stereocenters. The first kappa shape index (κ1) is 16.1. The quantitative estimate of drug-likeness (QED) is 0.513. The third-order valence-electron chi connectivity index (χ3n) is 4.08. The van der Waals surface area contributed by atoms with Crippen molar-refractivity contribution in [2.75, 3.05) is 5.32 Å². The lowest BCUT2D eigenvalue weighted by molar-refractivity contribution is -0.115. The van der Waals surface area contributed by atoms with Crippen molar-refractivity contribution in [3.63, 3.8) is 0 Å². The predicted molar refractivity (Wildman–Crippen MR) is 106 cm³/mol. The molecular formula is C20H15ClN2OS. The van der Waals surface area contributed by atoms with Crippen LogP contribution in [0.2, 0.25) is 5.02 Å². The van der Waals surface area contributed by atoms with E-state index in [-0.39, 0.29) is 5.91 Å². The molecule has 3 nitrogen and oxygen atoms in total. The van der Waals surface area contributed by atoms with E-state index >= 15 is 0 Å². The maximum absolute atomic E-state index is 12.4. The van der Waals surface area contributed by atoms with E-state index in [1.54, 1.807) is 0 Å². The van der Waals surface area contributed by atoms with Crippen LogP contribution >= 0.6 is 22.9 Å². The van der Waals surface area contributed by atoms with E-state index in [4.69, 9.17) is 11.6 Å². The fraction of sp³-hybridized carbons (Fsp3) is 0.100. The summed E-state index contributed by atoms with van der Waals surface area (Å²) in [7, 11) is 0. The maximum atomic E-state index is 12.4. The number of nitrogens with zero attached hydrogens (tertiary/aromatic N) is 1. The van der Waals surface area contributed by atoms with Crippen LogP contribution in [0.25, 0.3) is 21.0 Å². The summed E-state index contributed by atoms with van der Waals surface area (Å²) in [5.41, 5.74) is 2.88. The number of fused-ring (bicyclic) bond motifs is 2. The van der Waals surface area contributed by atoms with E-state index in [2.05, 4.69) is 28.5 Å². The molecule has 0 aliphatic rings. The topological polar surface area (TPSA) is 42.0 Å². The Balaban J connectivity index is 1.54. The summed E-state index contributed by atoms with van der Waals surface area (Å²) in [6.45, 7) is 1.97. The monoisotopic (exact) mass is 366 g/mol. The molecule has 1 amide bonds. The van der Waals surface area contributed by atoms with Gasteiger partial charge in [-0.1, -0.05) is 65.4 Å². The van der Waals surface area contributed by atoms with Crippen LogP contribution in [0, 0.1) is 6.92 Å². The van der Waals surface area contributed by atoms with Gasteiger partial charge in [-0.05, 0) is 41.0 Å². The second-order valence-electron chi connectivity index (χ2n) is 5.99. The summed E-state index contributed by atoms with van der Waals surface area (Å²) in [5, 5.41) is 6.49. The van der Waals surface area contributed by atoms with Gasteiger partial charge in [-0.15, -0.1) is 0 Å². The molecule has 0 aliphatic heterocycles. The summed E-state index contributed by atoms with van der Waals surface area (Å²) in [4.78, 5) is 16.9. The van der Waals surface area contributed by atoms with Crippen LogP contribution in [0.3, 0.4) is 0 Å². The minimum atomic E-state index is -0.0712. The summed E-state index contributed by atoms with van der Waals surface area (Å²) in [6, 6.07) is 18.0. The number of aryl methyl sites for hydroxylation is 1. The fourth-order valence-electron chi connectivity index (χ4n) is 2.91. The van der Waals surface area contributed by atoms with Gasteiger partial charge in [-0.3, -0.25) is 4.79 Å². The average molecular weight is 367 g/mol. The Morgan fingerprint density at radius 3 is 2.76 bits per heavy atom. The molecule has 5 heteroatoms. The minimum absolute atomic E-state index is 0.0712. The highest BCUT2D eigenvalue weighted by atomic mass is 35.5. The van der Waals surface area contributed by atoms with E-state index in [0.29, 0.717) is 16.6 Å². The number of amides is 1. The first-order chi connectivity index (χ1) is 12.1. The molecule has 0 saturated heterocycles. The Hall–Kier alpha value is -2.43. The number of nitrogens with one attached hydrogen (secondary N) is 1. The molecule has 0 unspecified atom stereocenters. The van der Waals surface area contributed by atoms with Crippen molar-refractivity contribution in [2.24, 2.45) is 0 Å². The molecule has 0 saturated carbocycles. The van der Waals surface area contributed by atoms with E-state index < -0.39 is 0 Å². The number of hydrogen-bond donors (Lipinski definition) is 1. The van der Waals surface area contributed by atoms with Gasteiger partial charge < -0.3 is 5.32 Å². The minimum Gasteiger partial charge on any atom is -0.302 e. The standard InChI is InChI=1S/C20H15ClN2OS/c1-12-8-16(21)11-17-19(12)23-20(25-17)22-18(24)10-13-6-7-14-4-2-3-5-15(14)9-13/h2-9,11H,10H2,1H3,(H,22,23,24). The third-order valence-corrected chi connectivity index (χ3v) is 5.21. The molecule has 1 heterocycles. The highest BCUT2D eigenvalue weighted by Crippen LogP contribution is 2.31. The van der Waals surface area contributed by atoms with Crippen molar-refractivity contribution < 1.29 is 4.79 Å². The highest BCUT2D eigenvalue weighted by molar-refractivity contribution is 7.22. The first-order valence-corrected chi connectivity index (χ1v) is 9.12. The molecule has 0 fully saturated rings. The Kier molecular flexibility index (Phi) is 4.15. The molecule has 1 aromatic heterocycles. The summed E-state index contributed by atoms with van der Waals surface area (Å²) in [5.74, 6) is -0.0712. The van der Waals surface area contributed by atoms with E-state index in [1.165, 1.54) is 16.7 Å². The zero-order chi connectivity index (χ0) is 17.4. The third kappa shape index (κ3) is 3.36. The Labute approximate surface area is 154 Å². The summed E-state index contributed by atoms with van der Waals surface area (Å²) >= 11 is 7.53. The normalized spacial score (nSPS) is 11.1. The molecule has 124 valence electrons. The number of benzene rings is 3. The summed E-state index contributed by atoms with van der Waals surface area (Å²) < 4.78 is 0.978. The van der Waals surface area contributed by atoms with Gasteiger partial charge >= 0.3 is 0 Å². The first-order valence-electron chi connectivity index (χ1n) is 7.93. The molecule has 25 heavy (non-hydrogen) atoms. The largest absolute Gasteiger partial charge is 0.302 e. The number of anilines is 1. The van der Waals surface area contributed by atoms with Crippen LogP contribution in [-0.2, 0) is 11.2 Å². The number of carbonyl (C=O) groups is 1. The van der Waals surface area contributed by atoms with Crippen LogP contribution in [0.4, 0.5) is 5.13 Å². The second kappa shape index (κ2) is 6.47. The van der Waals surface area contributed by atoms with Gasteiger partial charge in [-0.2, -0.15) is 0 Å². The van der Waals surface area contributed by atoms with Crippen LogP contribution in [-0.4, -0.2) is 10.9 Å². The van der Waals surface area contributed by atoms with Gasteiger partial charge in [0.1, 0.15) is 0 Å². The van der Waals surface area contributed by atoms with Gasteiger partial charge in [0, 0.05) is 5.02 Å². The SMILES string of the molecule is Cc1cc(Cl)cc2sc(NC(=O)Cc3ccc4ccccc4c3)nc12. The zero-order valence-corrected chi connectivity index (χ0v) is 15.1. The molecule has 3 aromatic carbocycles. The van der Waals surface area contributed by atoms with E-state index in [0.717, 1.165) is 26.7 Å². The van der Waals surface area contributed by atoms with E-state index in [9.17, 15) is 4.79 Å². The van der Waals surface area contributed by atoms with Gasteiger partial charge in [0.05, 0.1) is 16.6 Å². The fourth-order valence-corrected chi connectivity index (χ4v) is 4.24. The van der Waals surface area contributed by atoms with Gasteiger partial charge in [0.2, 0.25) is 5.91 Å². The summed E-state index contributed by atoms with van der Waals surface area (Å²) in [6.07, 6.45) is 0.320. The van der Waals surface area contributed by atoms with Crippen molar-refractivity contribution in [3.8, 4) is 0 Å². The molecule has 1 N–H and O–H groups in total. The number of thiazole rings is 1.